The van der Waals surface area contributed by atoms with E-state index in [2.05, 4.69) is 24.6 Å². The van der Waals surface area contributed by atoms with Crippen molar-refractivity contribution in [2.45, 2.75) is 25.9 Å². The molecule has 0 bridgehead atoms. The number of hydrogen-bond acceptors (Lipinski definition) is 6. The number of alkyl halides is 3. The van der Waals surface area contributed by atoms with E-state index < -0.39 is 6.36 Å². The van der Waals surface area contributed by atoms with E-state index in [1.807, 2.05) is 24.4 Å². The Kier molecular flexibility index (Phi) is 5.93. The Labute approximate surface area is 194 Å². The molecule has 0 saturated carbocycles. The summed E-state index contributed by atoms with van der Waals surface area (Å²) >= 11 is 0. The van der Waals surface area contributed by atoms with Crippen molar-refractivity contribution in [2.75, 3.05) is 6.54 Å². The van der Waals surface area contributed by atoms with Crippen molar-refractivity contribution >= 4 is 0 Å². The van der Waals surface area contributed by atoms with E-state index in [4.69, 9.17) is 4.98 Å². The zero-order valence-corrected chi connectivity index (χ0v) is 18.0. The summed E-state index contributed by atoms with van der Waals surface area (Å²) in [5.74, 6) is 0.429. The molecule has 0 amide bonds. The molecule has 0 fully saturated rings. The van der Waals surface area contributed by atoms with Gasteiger partial charge in [0.2, 0.25) is 0 Å². The van der Waals surface area contributed by atoms with E-state index >= 15 is 0 Å². The predicted octanol–water partition coefficient (Wildman–Crippen LogP) is 5.06. The number of halogens is 3. The van der Waals surface area contributed by atoms with Crippen LogP contribution >= 0.6 is 0 Å². The van der Waals surface area contributed by atoms with E-state index in [-0.39, 0.29) is 5.75 Å². The highest BCUT2D eigenvalue weighted by Crippen LogP contribution is 2.32. The highest BCUT2D eigenvalue weighted by molar-refractivity contribution is 5.67. The average molecular weight is 463 g/mol. The normalized spacial score (nSPS) is 14.0. The van der Waals surface area contributed by atoms with Gasteiger partial charge in [-0.15, -0.1) is 13.2 Å². The molecule has 4 heterocycles. The van der Waals surface area contributed by atoms with Gasteiger partial charge in [-0.25, -0.2) is 9.97 Å². The van der Waals surface area contributed by atoms with Crippen molar-refractivity contribution in [3.63, 3.8) is 0 Å². The highest BCUT2D eigenvalue weighted by atomic mass is 19.4. The largest absolute Gasteiger partial charge is 0.573 e. The van der Waals surface area contributed by atoms with Gasteiger partial charge in [0, 0.05) is 67.5 Å². The third-order valence-corrected chi connectivity index (χ3v) is 5.57. The van der Waals surface area contributed by atoms with Gasteiger partial charge in [-0.1, -0.05) is 18.2 Å². The van der Waals surface area contributed by atoms with Crippen LogP contribution in [0.15, 0.2) is 73.3 Å². The number of aromatic nitrogens is 4. The van der Waals surface area contributed by atoms with Gasteiger partial charge >= 0.3 is 6.36 Å². The summed E-state index contributed by atoms with van der Waals surface area (Å²) in [6.45, 7) is 2.22. The Morgan fingerprint density at radius 3 is 2.53 bits per heavy atom. The summed E-state index contributed by atoms with van der Waals surface area (Å²) in [5, 5.41) is 0. The molecule has 0 saturated heterocycles. The summed E-state index contributed by atoms with van der Waals surface area (Å²) in [6.07, 6.45) is 3.07. The van der Waals surface area contributed by atoms with Crippen LogP contribution in [0.25, 0.3) is 22.6 Å². The molecule has 0 unspecified atom stereocenters. The fraction of sp³-hybridized carbons (Fsp3) is 0.200. The number of para-hydroxylation sites is 1. The molecule has 9 heteroatoms. The second kappa shape index (κ2) is 9.18. The van der Waals surface area contributed by atoms with Gasteiger partial charge in [0.1, 0.15) is 5.75 Å². The Balaban J connectivity index is 1.27. The minimum atomic E-state index is -4.76. The van der Waals surface area contributed by atoms with Gasteiger partial charge in [-0.2, -0.15) is 0 Å². The minimum absolute atomic E-state index is 0.269. The first-order valence-electron chi connectivity index (χ1n) is 10.7. The number of ether oxygens (including phenoxy) is 1. The Morgan fingerprint density at radius 2 is 1.76 bits per heavy atom. The van der Waals surface area contributed by atoms with Gasteiger partial charge < -0.3 is 4.74 Å². The molecule has 4 aromatic rings. The number of pyridine rings is 2. The monoisotopic (exact) mass is 463 g/mol. The molecular weight excluding hydrogens is 443 g/mol. The van der Waals surface area contributed by atoms with Crippen molar-refractivity contribution in [2.24, 2.45) is 0 Å². The smallest absolute Gasteiger partial charge is 0.405 e. The number of benzene rings is 1. The second-order valence-electron chi connectivity index (χ2n) is 7.96. The fourth-order valence-electron chi connectivity index (χ4n) is 3.98. The fourth-order valence-corrected chi connectivity index (χ4v) is 3.98. The van der Waals surface area contributed by atoms with Crippen LogP contribution < -0.4 is 4.74 Å². The van der Waals surface area contributed by atoms with Gasteiger partial charge in [0.15, 0.2) is 5.82 Å². The molecule has 0 N–H and O–H groups in total. The molecule has 1 aliphatic heterocycles. The first-order valence-corrected chi connectivity index (χ1v) is 10.7. The summed E-state index contributed by atoms with van der Waals surface area (Å²) in [6, 6.07) is 13.4. The SMILES string of the molecule is FC(F)(F)Oc1ccccc1-c1ccc(CN2CCc3nc(-c4ccncc4)ncc3C2)cn1. The third-order valence-electron chi connectivity index (χ3n) is 5.57. The molecular formula is C25H20F3N5O. The number of hydrogen-bond donors (Lipinski definition) is 0. The molecule has 5 rings (SSSR count). The molecule has 172 valence electrons. The molecule has 0 aliphatic carbocycles. The molecule has 0 radical (unpaired) electrons. The Bertz CT molecular complexity index is 1280. The van der Waals surface area contributed by atoms with Crippen LogP contribution in [0.5, 0.6) is 5.75 Å². The quantitative estimate of drug-likeness (QED) is 0.412. The van der Waals surface area contributed by atoms with Crippen molar-refractivity contribution in [1.82, 2.24) is 24.8 Å². The first-order chi connectivity index (χ1) is 16.4. The maximum Gasteiger partial charge on any atom is 0.573 e. The summed E-state index contributed by atoms with van der Waals surface area (Å²) in [7, 11) is 0. The number of rotatable bonds is 5. The van der Waals surface area contributed by atoms with Crippen LogP contribution in [0.1, 0.15) is 16.8 Å². The molecule has 3 aromatic heterocycles. The van der Waals surface area contributed by atoms with E-state index in [9.17, 15) is 13.2 Å². The molecule has 6 nitrogen and oxygen atoms in total. The topological polar surface area (TPSA) is 64.0 Å². The van der Waals surface area contributed by atoms with Gasteiger partial charge in [0.05, 0.1) is 11.4 Å². The number of nitrogens with zero attached hydrogens (tertiary/aromatic N) is 5. The van der Waals surface area contributed by atoms with Crippen LogP contribution in [-0.4, -0.2) is 37.7 Å². The summed E-state index contributed by atoms with van der Waals surface area (Å²) < 4.78 is 42.3. The van der Waals surface area contributed by atoms with Crippen LogP contribution in [0.4, 0.5) is 13.2 Å². The molecule has 1 aromatic carbocycles. The predicted molar refractivity (Wildman–Crippen MR) is 119 cm³/mol. The van der Waals surface area contributed by atoms with E-state index in [1.54, 1.807) is 36.8 Å². The second-order valence-corrected chi connectivity index (χ2v) is 7.96. The maximum atomic E-state index is 12.7. The lowest BCUT2D eigenvalue weighted by Gasteiger charge is -2.28. The minimum Gasteiger partial charge on any atom is -0.405 e. The zero-order valence-electron chi connectivity index (χ0n) is 18.0. The lowest BCUT2D eigenvalue weighted by atomic mass is 10.1. The third kappa shape index (κ3) is 5.04. The van der Waals surface area contributed by atoms with E-state index in [1.165, 1.54) is 12.1 Å². The number of fused-ring (bicyclic) bond motifs is 1. The lowest BCUT2D eigenvalue weighted by molar-refractivity contribution is -0.274. The molecule has 0 atom stereocenters. The van der Waals surface area contributed by atoms with Gasteiger partial charge in [0.25, 0.3) is 0 Å². The van der Waals surface area contributed by atoms with E-state index in [0.29, 0.717) is 23.6 Å². The zero-order chi connectivity index (χ0) is 23.5. The standard InChI is InChI=1S/C25H20F3N5O/c26-25(27,28)34-23-4-2-1-3-20(23)22-6-5-17(13-30-22)15-33-12-9-21-19(16-33)14-31-24(32-21)18-7-10-29-11-8-18/h1-8,10-11,13-14H,9,12,15-16H2. The van der Waals surface area contributed by atoms with Crippen LogP contribution in [0, 0.1) is 0 Å². The van der Waals surface area contributed by atoms with Crippen molar-refractivity contribution in [3.8, 4) is 28.4 Å². The van der Waals surface area contributed by atoms with Crippen molar-refractivity contribution < 1.29 is 17.9 Å². The lowest BCUT2D eigenvalue weighted by Crippen LogP contribution is -2.31. The van der Waals surface area contributed by atoms with Crippen molar-refractivity contribution in [3.05, 3.63) is 90.1 Å². The molecule has 34 heavy (non-hydrogen) atoms. The Hall–Kier alpha value is -3.85. The first kappa shape index (κ1) is 22.0. The summed E-state index contributed by atoms with van der Waals surface area (Å²) in [5.41, 5.74) is 4.76. The average Bonchev–Trinajstić information content (AvgIpc) is 2.84. The van der Waals surface area contributed by atoms with Gasteiger partial charge in [-0.05, 0) is 35.9 Å². The van der Waals surface area contributed by atoms with E-state index in [0.717, 1.165) is 41.9 Å². The van der Waals surface area contributed by atoms with Crippen molar-refractivity contribution in [1.29, 1.82) is 0 Å². The Morgan fingerprint density at radius 1 is 0.941 bits per heavy atom. The summed E-state index contributed by atoms with van der Waals surface area (Å²) in [4.78, 5) is 19.9. The van der Waals surface area contributed by atoms with Crippen LogP contribution in [-0.2, 0) is 19.5 Å². The maximum absolute atomic E-state index is 12.7. The van der Waals surface area contributed by atoms with Crippen LogP contribution in [0.2, 0.25) is 0 Å². The highest BCUT2D eigenvalue weighted by Gasteiger charge is 2.32. The van der Waals surface area contributed by atoms with Gasteiger partial charge in [-0.3, -0.25) is 14.9 Å². The van der Waals surface area contributed by atoms with Crippen LogP contribution in [0.3, 0.4) is 0 Å². The molecule has 1 aliphatic rings. The molecule has 0 spiro atoms.